The average Bonchev–Trinajstić information content (AvgIpc) is 2.40. The summed E-state index contributed by atoms with van der Waals surface area (Å²) >= 11 is -4.76. The number of halogens is 6. The second kappa shape index (κ2) is 5.94. The maximum Gasteiger partial charge on any atom is 0.450 e. The van der Waals surface area contributed by atoms with Gasteiger partial charge in [-0.3, -0.25) is 0 Å². The van der Waals surface area contributed by atoms with Gasteiger partial charge in [0.2, 0.25) is 11.1 Å². The van der Waals surface area contributed by atoms with E-state index in [1.807, 2.05) is 0 Å². The normalized spacial score (nSPS) is 15.3. The highest BCUT2D eigenvalue weighted by atomic mass is 32.2. The van der Waals surface area contributed by atoms with Gasteiger partial charge >= 0.3 is 26.5 Å². The van der Waals surface area contributed by atoms with Crippen LogP contribution in [0.4, 0.5) is 26.3 Å². The number of hydrogen-bond acceptors (Lipinski definition) is 4. The molecule has 1 atom stereocenters. The molecule has 1 aromatic rings. The molecule has 0 aliphatic carbocycles. The number of alkyl halides is 6. The molecule has 0 saturated carbocycles. The summed E-state index contributed by atoms with van der Waals surface area (Å²) in [6.45, 7) is 1.53. The zero-order valence-corrected chi connectivity index (χ0v) is 12.6. The second-order valence-electron chi connectivity index (χ2n) is 4.21. The fourth-order valence-corrected chi connectivity index (χ4v) is 2.53. The van der Waals surface area contributed by atoms with Crippen molar-refractivity contribution >= 4 is 21.2 Å². The van der Waals surface area contributed by atoms with Gasteiger partial charge in [-0.1, -0.05) is 17.7 Å². The van der Waals surface area contributed by atoms with Gasteiger partial charge in [0.1, 0.15) is 5.75 Å². The van der Waals surface area contributed by atoms with Gasteiger partial charge < -0.3 is 8.74 Å². The lowest BCUT2D eigenvalue weighted by Gasteiger charge is -2.29. The van der Waals surface area contributed by atoms with Gasteiger partial charge in [-0.15, -0.1) is 0 Å². The summed E-state index contributed by atoms with van der Waals surface area (Å²) in [6.07, 6.45) is 0. The summed E-state index contributed by atoms with van der Waals surface area (Å²) in [5.41, 5.74) is 0.536. The molecule has 0 aliphatic heterocycles. The molecule has 0 spiro atoms. The molecule has 0 aromatic heterocycles. The number of benzene rings is 1. The maximum absolute atomic E-state index is 13.4. The van der Waals surface area contributed by atoms with Crippen LogP contribution in [-0.4, -0.2) is 33.6 Å². The quantitative estimate of drug-likeness (QED) is 0.462. The highest BCUT2D eigenvalue weighted by molar-refractivity contribution is 7.88. The van der Waals surface area contributed by atoms with E-state index in [0.29, 0.717) is 5.56 Å². The lowest BCUT2D eigenvalue weighted by atomic mass is 10.2. The van der Waals surface area contributed by atoms with Crippen molar-refractivity contribution in [3.05, 3.63) is 29.8 Å². The molecule has 13 heteroatoms. The Balaban J connectivity index is 3.29. The molecule has 1 aromatic carbocycles. The average molecular weight is 386 g/mol. The SMILES string of the molecule is Cc1ccc(OS(=O)(=O)C(F)(F)C(F)(F)C(F)(F)S(=O)O)cc1. The van der Waals surface area contributed by atoms with Crippen LogP contribution < -0.4 is 4.18 Å². The third-order valence-corrected chi connectivity index (χ3v) is 4.48. The van der Waals surface area contributed by atoms with E-state index < -0.39 is 43.4 Å². The van der Waals surface area contributed by atoms with Crippen molar-refractivity contribution in [2.75, 3.05) is 0 Å². The summed E-state index contributed by atoms with van der Waals surface area (Å²) in [5, 5.41) is -12.7. The van der Waals surface area contributed by atoms with Crippen LogP contribution in [0.25, 0.3) is 0 Å². The van der Waals surface area contributed by atoms with Crippen molar-refractivity contribution in [1.29, 1.82) is 0 Å². The van der Waals surface area contributed by atoms with Crippen LogP contribution in [-0.2, 0) is 21.2 Å². The summed E-state index contributed by atoms with van der Waals surface area (Å²) in [5.74, 6) is -7.54. The highest BCUT2D eigenvalue weighted by Gasteiger charge is 2.81. The van der Waals surface area contributed by atoms with E-state index in [0.717, 1.165) is 12.1 Å². The smallest absolute Gasteiger partial charge is 0.378 e. The Morgan fingerprint density at radius 2 is 1.48 bits per heavy atom. The summed E-state index contributed by atoms with van der Waals surface area (Å²) in [7, 11) is -6.61. The van der Waals surface area contributed by atoms with Crippen LogP contribution in [0.2, 0.25) is 0 Å². The molecule has 23 heavy (non-hydrogen) atoms. The van der Waals surface area contributed by atoms with Crippen molar-refractivity contribution in [1.82, 2.24) is 0 Å². The minimum Gasteiger partial charge on any atom is -0.378 e. The molecule has 5 nitrogen and oxygen atoms in total. The molecule has 1 N–H and O–H groups in total. The van der Waals surface area contributed by atoms with E-state index in [-0.39, 0.29) is 0 Å². The van der Waals surface area contributed by atoms with Gasteiger partial charge in [-0.05, 0) is 19.1 Å². The largest absolute Gasteiger partial charge is 0.450 e. The first-order valence-electron chi connectivity index (χ1n) is 5.42. The molecule has 132 valence electrons. The van der Waals surface area contributed by atoms with Gasteiger partial charge in [0.25, 0.3) is 0 Å². The minimum absolute atomic E-state index is 0.536. The summed E-state index contributed by atoms with van der Waals surface area (Å²) < 4.78 is 123. The van der Waals surface area contributed by atoms with Crippen molar-refractivity contribution in [3.63, 3.8) is 0 Å². The molecular weight excluding hydrogens is 378 g/mol. The molecular formula is C10H8F6O5S2. The first-order valence-corrected chi connectivity index (χ1v) is 7.93. The monoisotopic (exact) mass is 386 g/mol. The van der Waals surface area contributed by atoms with Crippen LogP contribution in [0.5, 0.6) is 5.75 Å². The number of hydrogen-bond donors (Lipinski definition) is 1. The van der Waals surface area contributed by atoms with E-state index in [1.54, 1.807) is 0 Å². The van der Waals surface area contributed by atoms with Crippen molar-refractivity contribution in [2.24, 2.45) is 0 Å². The van der Waals surface area contributed by atoms with Gasteiger partial charge in [0.15, 0.2) is 0 Å². The van der Waals surface area contributed by atoms with Crippen LogP contribution in [0.1, 0.15) is 5.56 Å². The van der Waals surface area contributed by atoms with E-state index in [2.05, 4.69) is 4.18 Å². The predicted octanol–water partition coefficient (Wildman–Crippen LogP) is 2.75. The highest BCUT2D eigenvalue weighted by Crippen LogP contribution is 2.50. The maximum atomic E-state index is 13.4. The Morgan fingerprint density at radius 3 is 1.87 bits per heavy atom. The molecule has 0 amide bonds. The standard InChI is InChI=1S/C10H8F6O5S2/c1-6-2-4-7(5-3-6)21-23(19,20)10(15,16)8(11,12)9(13,14)22(17)18/h2-5H,1H3,(H,17,18). The Bertz CT molecular complexity index is 701. The molecule has 1 unspecified atom stereocenters. The van der Waals surface area contributed by atoms with Gasteiger partial charge in [-0.2, -0.15) is 34.8 Å². The van der Waals surface area contributed by atoms with Crippen LogP contribution >= 0.6 is 0 Å². The van der Waals surface area contributed by atoms with Crippen LogP contribution in [0, 0.1) is 6.92 Å². The fourth-order valence-electron chi connectivity index (χ4n) is 1.21. The third-order valence-electron chi connectivity index (χ3n) is 2.49. The first-order chi connectivity index (χ1) is 10.2. The van der Waals surface area contributed by atoms with Crippen molar-refractivity contribution in [3.8, 4) is 5.75 Å². The minimum atomic E-state index is -6.71. The van der Waals surface area contributed by atoms with E-state index in [9.17, 15) is 39.0 Å². The first kappa shape index (κ1) is 19.7. The Kier molecular flexibility index (Phi) is 5.09. The van der Waals surface area contributed by atoms with Gasteiger partial charge in [0.05, 0.1) is 0 Å². The summed E-state index contributed by atoms with van der Waals surface area (Å²) in [4.78, 5) is 0. The van der Waals surface area contributed by atoms with E-state index >= 15 is 0 Å². The predicted molar refractivity (Wildman–Crippen MR) is 66.3 cm³/mol. The van der Waals surface area contributed by atoms with Crippen molar-refractivity contribution < 1.29 is 47.7 Å². The van der Waals surface area contributed by atoms with Gasteiger partial charge in [0, 0.05) is 0 Å². The summed E-state index contributed by atoms with van der Waals surface area (Å²) in [6, 6.07) is 4.00. The molecule has 0 aliphatic rings. The van der Waals surface area contributed by atoms with E-state index in [1.165, 1.54) is 19.1 Å². The Morgan fingerprint density at radius 1 is 1.04 bits per heavy atom. The molecule has 0 bridgehead atoms. The van der Waals surface area contributed by atoms with Crippen molar-refractivity contribution in [2.45, 2.75) is 23.4 Å². The molecule has 0 saturated heterocycles. The van der Waals surface area contributed by atoms with Gasteiger partial charge in [-0.25, -0.2) is 4.21 Å². The zero-order valence-electron chi connectivity index (χ0n) is 11.0. The fraction of sp³-hybridized carbons (Fsp3) is 0.400. The number of rotatable bonds is 6. The van der Waals surface area contributed by atoms with Crippen LogP contribution in [0.15, 0.2) is 24.3 Å². The second-order valence-corrected chi connectivity index (χ2v) is 6.81. The van der Waals surface area contributed by atoms with Crippen LogP contribution in [0.3, 0.4) is 0 Å². The lowest BCUT2D eigenvalue weighted by Crippen LogP contribution is -2.60. The third kappa shape index (κ3) is 3.30. The zero-order chi connectivity index (χ0) is 18.3. The molecule has 0 heterocycles. The molecule has 0 radical (unpaired) electrons. The Labute approximate surface area is 128 Å². The lowest BCUT2D eigenvalue weighted by molar-refractivity contribution is -0.245. The molecule has 1 rings (SSSR count). The molecule has 0 fully saturated rings. The van der Waals surface area contributed by atoms with E-state index in [4.69, 9.17) is 4.55 Å². The topological polar surface area (TPSA) is 80.7 Å². The Hall–Kier alpha value is -1.34. The number of aryl methyl sites for hydroxylation is 1.